The van der Waals surface area contributed by atoms with E-state index in [1.807, 2.05) is 0 Å². The number of fused-ring (bicyclic) bond motifs is 1. The van der Waals surface area contributed by atoms with Crippen molar-refractivity contribution in [1.29, 1.82) is 0 Å². The van der Waals surface area contributed by atoms with Crippen molar-refractivity contribution in [3.8, 4) is 0 Å². The Morgan fingerprint density at radius 3 is 2.55 bits per heavy atom. The van der Waals surface area contributed by atoms with Crippen LogP contribution in [-0.2, 0) is 19.1 Å². The minimum absolute atomic E-state index is 0.195. The molecule has 0 aliphatic carbocycles. The van der Waals surface area contributed by atoms with Crippen LogP contribution < -0.4 is 0 Å². The first-order chi connectivity index (χ1) is 9.52. The zero-order chi connectivity index (χ0) is 14.9. The smallest absolute Gasteiger partial charge is 0.400 e. The van der Waals surface area contributed by atoms with Crippen LogP contribution in [0.25, 0.3) is 0 Å². The second kappa shape index (κ2) is 5.30. The fourth-order valence-electron chi connectivity index (χ4n) is 2.23. The summed E-state index contributed by atoms with van der Waals surface area (Å²) in [7, 11) is 2.23. The molecule has 1 N–H and O–H groups in total. The third kappa shape index (κ3) is 2.01. The molecule has 7 nitrogen and oxygen atoms in total. The van der Waals surface area contributed by atoms with Crippen LogP contribution in [-0.4, -0.2) is 47.8 Å². The molecule has 0 spiro atoms. The molecule has 0 amide bonds. The number of methoxy groups -OCH3 is 2. The lowest BCUT2D eigenvalue weighted by Crippen LogP contribution is -2.37. The van der Waals surface area contributed by atoms with E-state index in [2.05, 4.69) is 9.47 Å². The van der Waals surface area contributed by atoms with Gasteiger partial charge in [0.2, 0.25) is 5.69 Å². The first kappa shape index (κ1) is 14.0. The van der Waals surface area contributed by atoms with Crippen LogP contribution >= 0.6 is 0 Å². The van der Waals surface area contributed by atoms with Gasteiger partial charge in [0, 0.05) is 11.6 Å². The molecule has 106 valence electrons. The highest BCUT2D eigenvalue weighted by Gasteiger charge is 2.48. The normalized spacial score (nSPS) is 18.4. The molecule has 1 aliphatic rings. The first-order valence-electron chi connectivity index (χ1n) is 5.80. The van der Waals surface area contributed by atoms with Crippen LogP contribution in [0.3, 0.4) is 0 Å². The number of benzene rings is 1. The number of ether oxygens (including phenoxy) is 2. The van der Waals surface area contributed by atoms with Gasteiger partial charge in [-0.2, -0.15) is 4.74 Å². The number of aliphatic hydroxyl groups excluding tert-OH is 1. The average molecular weight is 279 g/mol. The lowest BCUT2D eigenvalue weighted by atomic mass is 9.90. The maximum atomic E-state index is 12.1. The lowest BCUT2D eigenvalue weighted by molar-refractivity contribution is -0.357. The summed E-state index contributed by atoms with van der Waals surface area (Å²) in [6.45, 7) is 0. The van der Waals surface area contributed by atoms with Crippen LogP contribution in [0.1, 0.15) is 11.5 Å². The molecule has 2 rings (SSSR count). The summed E-state index contributed by atoms with van der Waals surface area (Å²) in [6, 6.07) is 6.32. The van der Waals surface area contributed by atoms with E-state index in [0.717, 1.165) is 14.2 Å². The highest BCUT2D eigenvalue weighted by atomic mass is 16.5. The van der Waals surface area contributed by atoms with Gasteiger partial charge in [-0.1, -0.05) is 18.2 Å². The molecule has 1 heterocycles. The summed E-state index contributed by atoms with van der Waals surface area (Å²) in [4.78, 5) is 23.3. The highest BCUT2D eigenvalue weighted by Crippen LogP contribution is 2.37. The maximum Gasteiger partial charge on any atom is 0.400 e. The third-order valence-corrected chi connectivity index (χ3v) is 3.16. The molecule has 0 radical (unpaired) electrons. The molecule has 0 saturated heterocycles. The zero-order valence-electron chi connectivity index (χ0n) is 10.9. The van der Waals surface area contributed by atoms with Crippen LogP contribution in [0.5, 0.6) is 0 Å². The standard InChI is InChI=1S/C13H13NO6/c1-19-12(16)10-9(11(15)13(17)20-2)7-5-3-4-6-8(7)14(10)18/h3-6,9,11,15H,1-2H3/t9-,11+/m0/s1. The van der Waals surface area contributed by atoms with Crippen molar-refractivity contribution >= 4 is 23.3 Å². The summed E-state index contributed by atoms with van der Waals surface area (Å²) < 4.78 is 9.38. The highest BCUT2D eigenvalue weighted by molar-refractivity contribution is 6.38. The number of nitrogens with zero attached hydrogens (tertiary/aromatic N) is 1. The minimum atomic E-state index is -1.66. The SMILES string of the molecule is COC(=O)C1=[N+]([O-])c2ccccc2[C@@H]1[C@@H](O)C(=O)OC. The van der Waals surface area contributed by atoms with Crippen molar-refractivity contribution in [1.82, 2.24) is 0 Å². The predicted octanol–water partition coefficient (Wildman–Crippen LogP) is 0.0735. The van der Waals surface area contributed by atoms with Crippen LogP contribution in [0.4, 0.5) is 5.69 Å². The molecule has 0 fully saturated rings. The van der Waals surface area contributed by atoms with Gasteiger partial charge in [-0.05, 0) is 0 Å². The van der Waals surface area contributed by atoms with E-state index in [1.54, 1.807) is 18.2 Å². The predicted molar refractivity (Wildman–Crippen MR) is 67.5 cm³/mol. The number of carbonyl (C=O) groups excluding carboxylic acids is 2. The molecule has 1 aromatic carbocycles. The number of carbonyl (C=O) groups is 2. The molecule has 0 aromatic heterocycles. The Hall–Kier alpha value is -2.41. The second-order valence-electron chi connectivity index (χ2n) is 4.18. The van der Waals surface area contributed by atoms with Gasteiger partial charge >= 0.3 is 11.9 Å². The number of rotatable bonds is 3. The summed E-state index contributed by atoms with van der Waals surface area (Å²) in [6.07, 6.45) is -1.66. The molecule has 20 heavy (non-hydrogen) atoms. The zero-order valence-corrected chi connectivity index (χ0v) is 10.9. The average Bonchev–Trinajstić information content (AvgIpc) is 2.78. The molecule has 7 heteroatoms. The van der Waals surface area contributed by atoms with Crippen LogP contribution in [0, 0.1) is 5.21 Å². The molecular formula is C13H13NO6. The number of para-hydroxylation sites is 1. The van der Waals surface area contributed by atoms with Gasteiger partial charge in [0.15, 0.2) is 6.10 Å². The monoisotopic (exact) mass is 279 g/mol. The van der Waals surface area contributed by atoms with Crippen molar-refractivity contribution in [3.63, 3.8) is 0 Å². The fourth-order valence-corrected chi connectivity index (χ4v) is 2.23. The van der Waals surface area contributed by atoms with E-state index in [4.69, 9.17) is 0 Å². The minimum Gasteiger partial charge on any atom is -0.618 e. The Morgan fingerprint density at radius 2 is 1.95 bits per heavy atom. The Morgan fingerprint density at radius 1 is 1.30 bits per heavy atom. The fraction of sp³-hybridized carbons (Fsp3) is 0.308. The van der Waals surface area contributed by atoms with E-state index < -0.39 is 24.0 Å². The maximum absolute atomic E-state index is 12.1. The first-order valence-corrected chi connectivity index (χ1v) is 5.80. The Bertz CT molecular complexity index is 594. The number of hydrogen-bond donors (Lipinski definition) is 1. The van der Waals surface area contributed by atoms with Gasteiger partial charge in [-0.25, -0.2) is 9.59 Å². The van der Waals surface area contributed by atoms with E-state index in [1.165, 1.54) is 6.07 Å². The summed E-state index contributed by atoms with van der Waals surface area (Å²) >= 11 is 0. The number of aliphatic hydroxyl groups is 1. The quantitative estimate of drug-likeness (QED) is 0.477. The summed E-state index contributed by atoms with van der Waals surface area (Å²) in [5.74, 6) is -2.94. The third-order valence-electron chi connectivity index (χ3n) is 3.16. The Labute approximate surface area is 114 Å². The largest absolute Gasteiger partial charge is 0.618 e. The van der Waals surface area contributed by atoms with Crippen molar-refractivity contribution in [3.05, 3.63) is 35.0 Å². The molecule has 1 aliphatic heterocycles. The van der Waals surface area contributed by atoms with Gasteiger partial charge in [-0.15, -0.1) is 0 Å². The molecule has 0 saturated carbocycles. The van der Waals surface area contributed by atoms with Gasteiger partial charge in [0.25, 0.3) is 5.71 Å². The molecule has 0 bridgehead atoms. The van der Waals surface area contributed by atoms with E-state index in [-0.39, 0.29) is 11.4 Å². The number of esters is 2. The molecule has 2 atom stereocenters. The van der Waals surface area contributed by atoms with Gasteiger partial charge < -0.3 is 19.8 Å². The van der Waals surface area contributed by atoms with Crippen molar-refractivity contribution in [2.24, 2.45) is 0 Å². The Kier molecular flexibility index (Phi) is 3.71. The second-order valence-corrected chi connectivity index (χ2v) is 4.18. The van der Waals surface area contributed by atoms with Crippen molar-refractivity contribution in [2.45, 2.75) is 12.0 Å². The summed E-state index contributed by atoms with van der Waals surface area (Å²) in [5.41, 5.74) is 0.230. The molecular weight excluding hydrogens is 266 g/mol. The van der Waals surface area contributed by atoms with Crippen LogP contribution in [0.2, 0.25) is 0 Å². The topological polar surface area (TPSA) is 98.9 Å². The van der Waals surface area contributed by atoms with Crippen molar-refractivity contribution in [2.75, 3.05) is 14.2 Å². The van der Waals surface area contributed by atoms with Gasteiger partial charge in [0.05, 0.1) is 14.2 Å². The van der Waals surface area contributed by atoms with Gasteiger partial charge in [-0.3, -0.25) is 0 Å². The molecule has 0 unspecified atom stereocenters. The lowest BCUT2D eigenvalue weighted by Gasteiger charge is -2.14. The van der Waals surface area contributed by atoms with Gasteiger partial charge in [0.1, 0.15) is 5.92 Å². The van der Waals surface area contributed by atoms with Crippen molar-refractivity contribution < 1.29 is 28.9 Å². The summed E-state index contributed by atoms with van der Waals surface area (Å²) in [5, 5.41) is 22.2. The Balaban J connectivity index is 2.57. The molecule has 1 aromatic rings. The van der Waals surface area contributed by atoms with E-state index in [9.17, 15) is 19.9 Å². The number of hydrogen-bond acceptors (Lipinski definition) is 6. The van der Waals surface area contributed by atoms with E-state index in [0.29, 0.717) is 10.3 Å². The van der Waals surface area contributed by atoms with E-state index >= 15 is 0 Å². The van der Waals surface area contributed by atoms with Crippen LogP contribution in [0.15, 0.2) is 24.3 Å².